The molecule has 0 amide bonds. The van der Waals surface area contributed by atoms with Crippen molar-refractivity contribution in [1.29, 1.82) is 0 Å². The van der Waals surface area contributed by atoms with Crippen LogP contribution in [0.3, 0.4) is 0 Å². The van der Waals surface area contributed by atoms with Crippen molar-refractivity contribution in [3.8, 4) is 0 Å². The number of ether oxygens (including phenoxy) is 1. The standard InChI is InChI=1S/C13H28N2O2/c1-3-17-11-13(16)10-14-7-4-12-5-8-15(2)9-6-12/h12-14,16H,3-11H2,1-2H3. The topological polar surface area (TPSA) is 44.7 Å². The van der Waals surface area contributed by atoms with E-state index in [-0.39, 0.29) is 6.10 Å². The molecule has 1 fully saturated rings. The fourth-order valence-electron chi connectivity index (χ4n) is 2.24. The summed E-state index contributed by atoms with van der Waals surface area (Å²) >= 11 is 0. The molecule has 4 nitrogen and oxygen atoms in total. The molecule has 1 heterocycles. The summed E-state index contributed by atoms with van der Waals surface area (Å²) in [4.78, 5) is 2.40. The molecule has 1 saturated heterocycles. The highest BCUT2D eigenvalue weighted by Crippen LogP contribution is 2.18. The van der Waals surface area contributed by atoms with E-state index in [0.717, 1.165) is 12.5 Å². The first-order chi connectivity index (χ1) is 8.22. The first-order valence-corrected chi connectivity index (χ1v) is 6.87. The Bertz CT molecular complexity index is 182. The van der Waals surface area contributed by atoms with E-state index in [2.05, 4.69) is 17.3 Å². The Balaban J connectivity index is 1.93. The van der Waals surface area contributed by atoms with Crippen LogP contribution < -0.4 is 5.32 Å². The van der Waals surface area contributed by atoms with Gasteiger partial charge in [0.1, 0.15) is 0 Å². The number of rotatable bonds is 8. The van der Waals surface area contributed by atoms with Gasteiger partial charge >= 0.3 is 0 Å². The minimum atomic E-state index is -0.368. The molecule has 1 atom stereocenters. The predicted molar refractivity (Wildman–Crippen MR) is 70.2 cm³/mol. The number of aliphatic hydroxyl groups is 1. The molecule has 17 heavy (non-hydrogen) atoms. The summed E-state index contributed by atoms with van der Waals surface area (Å²) in [7, 11) is 2.19. The molecule has 0 saturated carbocycles. The van der Waals surface area contributed by atoms with E-state index in [1.807, 2.05) is 6.92 Å². The molecular formula is C13H28N2O2. The Morgan fingerprint density at radius 2 is 2.12 bits per heavy atom. The molecule has 4 heteroatoms. The maximum Gasteiger partial charge on any atom is 0.0897 e. The van der Waals surface area contributed by atoms with E-state index in [9.17, 15) is 5.11 Å². The largest absolute Gasteiger partial charge is 0.389 e. The van der Waals surface area contributed by atoms with Gasteiger partial charge in [0.15, 0.2) is 0 Å². The van der Waals surface area contributed by atoms with Crippen molar-refractivity contribution >= 4 is 0 Å². The van der Waals surface area contributed by atoms with Gasteiger partial charge in [-0.05, 0) is 58.8 Å². The second-order valence-electron chi connectivity index (χ2n) is 5.05. The molecule has 0 aromatic heterocycles. The van der Waals surface area contributed by atoms with Gasteiger partial charge in [-0.3, -0.25) is 0 Å². The number of nitrogens with one attached hydrogen (secondary N) is 1. The number of hydrogen-bond acceptors (Lipinski definition) is 4. The van der Waals surface area contributed by atoms with E-state index < -0.39 is 0 Å². The summed E-state index contributed by atoms with van der Waals surface area (Å²) in [6.45, 7) is 7.18. The molecule has 1 unspecified atom stereocenters. The minimum Gasteiger partial charge on any atom is -0.389 e. The Kier molecular flexibility index (Phi) is 7.77. The Morgan fingerprint density at radius 1 is 1.41 bits per heavy atom. The smallest absolute Gasteiger partial charge is 0.0897 e. The Labute approximate surface area is 105 Å². The second kappa shape index (κ2) is 8.86. The lowest BCUT2D eigenvalue weighted by atomic mass is 9.94. The molecule has 0 aliphatic carbocycles. The Hall–Kier alpha value is -0.160. The number of likely N-dealkylation sites (tertiary alicyclic amines) is 1. The van der Waals surface area contributed by atoms with E-state index in [0.29, 0.717) is 19.8 Å². The lowest BCUT2D eigenvalue weighted by Gasteiger charge is -2.29. The van der Waals surface area contributed by atoms with Crippen LogP contribution in [0.25, 0.3) is 0 Å². The van der Waals surface area contributed by atoms with Crippen molar-refractivity contribution in [1.82, 2.24) is 10.2 Å². The summed E-state index contributed by atoms with van der Waals surface area (Å²) in [6.07, 6.45) is 3.50. The van der Waals surface area contributed by atoms with Crippen LogP contribution in [0.15, 0.2) is 0 Å². The summed E-state index contributed by atoms with van der Waals surface area (Å²) < 4.78 is 5.16. The number of aliphatic hydroxyl groups excluding tert-OH is 1. The summed E-state index contributed by atoms with van der Waals surface area (Å²) in [5.41, 5.74) is 0. The van der Waals surface area contributed by atoms with Crippen molar-refractivity contribution in [2.24, 2.45) is 5.92 Å². The van der Waals surface area contributed by atoms with Crippen LogP contribution in [0.4, 0.5) is 0 Å². The van der Waals surface area contributed by atoms with Gasteiger partial charge in [-0.25, -0.2) is 0 Å². The SMILES string of the molecule is CCOCC(O)CNCCC1CCN(C)CC1. The number of hydrogen-bond donors (Lipinski definition) is 2. The molecule has 0 radical (unpaired) electrons. The maximum absolute atomic E-state index is 9.56. The van der Waals surface area contributed by atoms with E-state index in [1.54, 1.807) is 0 Å². The normalized spacial score (nSPS) is 20.6. The van der Waals surface area contributed by atoms with Gasteiger partial charge in [0, 0.05) is 13.2 Å². The molecule has 102 valence electrons. The van der Waals surface area contributed by atoms with Crippen LogP contribution in [-0.4, -0.2) is 62.6 Å². The first-order valence-electron chi connectivity index (χ1n) is 6.87. The third-order valence-corrected chi connectivity index (χ3v) is 3.46. The van der Waals surface area contributed by atoms with Crippen LogP contribution in [0, 0.1) is 5.92 Å². The van der Waals surface area contributed by atoms with E-state index in [4.69, 9.17) is 4.74 Å². The van der Waals surface area contributed by atoms with Crippen LogP contribution in [0.2, 0.25) is 0 Å². The van der Waals surface area contributed by atoms with Gasteiger partial charge in [0.05, 0.1) is 12.7 Å². The van der Waals surface area contributed by atoms with Gasteiger partial charge in [-0.15, -0.1) is 0 Å². The van der Waals surface area contributed by atoms with Crippen molar-refractivity contribution in [3.63, 3.8) is 0 Å². The van der Waals surface area contributed by atoms with Crippen molar-refractivity contribution < 1.29 is 9.84 Å². The highest BCUT2D eigenvalue weighted by atomic mass is 16.5. The quantitative estimate of drug-likeness (QED) is 0.617. The van der Waals surface area contributed by atoms with Gasteiger partial charge in [0.25, 0.3) is 0 Å². The maximum atomic E-state index is 9.56. The average Bonchev–Trinajstić information content (AvgIpc) is 2.34. The fourth-order valence-corrected chi connectivity index (χ4v) is 2.24. The summed E-state index contributed by atoms with van der Waals surface area (Å²) in [6, 6.07) is 0. The third kappa shape index (κ3) is 6.99. The molecule has 1 aliphatic rings. The van der Waals surface area contributed by atoms with Crippen LogP contribution in [0.1, 0.15) is 26.2 Å². The fraction of sp³-hybridized carbons (Fsp3) is 1.00. The monoisotopic (exact) mass is 244 g/mol. The molecule has 1 rings (SSSR count). The van der Waals surface area contributed by atoms with Crippen molar-refractivity contribution in [2.45, 2.75) is 32.3 Å². The molecule has 0 bridgehead atoms. The van der Waals surface area contributed by atoms with Gasteiger partial charge in [-0.2, -0.15) is 0 Å². The number of piperidine rings is 1. The molecule has 0 aromatic carbocycles. The highest BCUT2D eigenvalue weighted by molar-refractivity contribution is 4.71. The Morgan fingerprint density at radius 3 is 2.76 bits per heavy atom. The first kappa shape index (κ1) is 14.9. The van der Waals surface area contributed by atoms with Crippen LogP contribution in [0.5, 0.6) is 0 Å². The summed E-state index contributed by atoms with van der Waals surface area (Å²) in [5.74, 6) is 0.864. The highest BCUT2D eigenvalue weighted by Gasteiger charge is 2.15. The molecule has 0 spiro atoms. The molecule has 2 N–H and O–H groups in total. The van der Waals surface area contributed by atoms with E-state index >= 15 is 0 Å². The van der Waals surface area contributed by atoms with Gasteiger partial charge in [0.2, 0.25) is 0 Å². The van der Waals surface area contributed by atoms with Crippen molar-refractivity contribution in [3.05, 3.63) is 0 Å². The lowest BCUT2D eigenvalue weighted by molar-refractivity contribution is 0.0427. The molecular weight excluding hydrogens is 216 g/mol. The minimum absolute atomic E-state index is 0.368. The van der Waals surface area contributed by atoms with E-state index in [1.165, 1.54) is 32.4 Å². The molecule has 1 aliphatic heterocycles. The summed E-state index contributed by atoms with van der Waals surface area (Å²) in [5, 5.41) is 12.9. The lowest BCUT2D eigenvalue weighted by Crippen LogP contribution is -2.34. The van der Waals surface area contributed by atoms with Gasteiger partial charge < -0.3 is 20.1 Å². The molecule has 0 aromatic rings. The average molecular weight is 244 g/mol. The zero-order chi connectivity index (χ0) is 12.5. The third-order valence-electron chi connectivity index (χ3n) is 3.46. The zero-order valence-corrected chi connectivity index (χ0v) is 11.3. The van der Waals surface area contributed by atoms with Crippen molar-refractivity contribution in [2.75, 3.05) is 46.4 Å². The van der Waals surface area contributed by atoms with Crippen LogP contribution >= 0.6 is 0 Å². The number of nitrogens with zero attached hydrogens (tertiary/aromatic N) is 1. The zero-order valence-electron chi connectivity index (χ0n) is 11.3. The van der Waals surface area contributed by atoms with Crippen LogP contribution in [-0.2, 0) is 4.74 Å². The van der Waals surface area contributed by atoms with Gasteiger partial charge in [-0.1, -0.05) is 0 Å². The second-order valence-corrected chi connectivity index (χ2v) is 5.05. The predicted octanol–water partition coefficient (Wildman–Crippen LogP) is 0.705.